The molecule has 1 aromatic rings. The molecule has 3 saturated carbocycles. The van der Waals surface area contributed by atoms with E-state index in [0.717, 1.165) is 43.4 Å². The Hall–Kier alpha value is -2.88. The van der Waals surface area contributed by atoms with Crippen LogP contribution in [0.1, 0.15) is 44.1 Å². The van der Waals surface area contributed by atoms with E-state index in [9.17, 15) is 9.59 Å². The van der Waals surface area contributed by atoms with Gasteiger partial charge in [-0.1, -0.05) is 24.4 Å². The molecule has 2 heterocycles. The molecule has 160 valence electrons. The molecule has 6 rings (SSSR count). The van der Waals surface area contributed by atoms with Crippen molar-refractivity contribution in [1.82, 2.24) is 4.90 Å². The number of hydrogen-bond donors (Lipinski definition) is 0. The zero-order valence-electron chi connectivity index (χ0n) is 17.3. The molecule has 2 bridgehead atoms. The maximum Gasteiger partial charge on any atom is 0.233 e. The van der Waals surface area contributed by atoms with Crippen molar-refractivity contribution in [3.8, 4) is 11.8 Å². The van der Waals surface area contributed by atoms with Gasteiger partial charge in [-0.25, -0.2) is 0 Å². The van der Waals surface area contributed by atoms with Gasteiger partial charge in [-0.05, 0) is 49.4 Å². The normalized spacial score (nSPS) is 36.1. The SMILES string of the molecule is N#CCOc1ccc(C2=NO[C@@H]3[C@H]4C[C@H]([C@H]5C(=O)N(C6CCCCC6)C(=O)[C@@H]45)[C@H]23)cc1. The molecule has 1 saturated heterocycles. The number of amides is 2. The first-order valence-corrected chi connectivity index (χ1v) is 11.4. The Kier molecular flexibility index (Phi) is 4.31. The number of fused-ring (bicyclic) bond motifs is 8. The van der Waals surface area contributed by atoms with Crippen molar-refractivity contribution in [2.75, 3.05) is 6.61 Å². The Morgan fingerprint density at radius 2 is 1.74 bits per heavy atom. The molecule has 1 aromatic carbocycles. The van der Waals surface area contributed by atoms with Gasteiger partial charge >= 0.3 is 0 Å². The van der Waals surface area contributed by atoms with Crippen LogP contribution in [0, 0.1) is 40.9 Å². The third-order valence-electron chi connectivity index (χ3n) is 8.12. The topological polar surface area (TPSA) is 92.0 Å². The van der Waals surface area contributed by atoms with Crippen LogP contribution in [0.25, 0.3) is 0 Å². The molecule has 6 atom stereocenters. The summed E-state index contributed by atoms with van der Waals surface area (Å²) in [5, 5.41) is 13.1. The van der Waals surface area contributed by atoms with Crippen LogP contribution in [-0.4, -0.2) is 41.2 Å². The minimum atomic E-state index is -0.225. The number of hydrogen-bond acceptors (Lipinski definition) is 6. The highest BCUT2D eigenvalue weighted by atomic mass is 16.6. The van der Waals surface area contributed by atoms with Crippen LogP contribution in [0.3, 0.4) is 0 Å². The van der Waals surface area contributed by atoms with Crippen LogP contribution in [0.2, 0.25) is 0 Å². The van der Waals surface area contributed by atoms with E-state index >= 15 is 0 Å². The molecule has 31 heavy (non-hydrogen) atoms. The lowest BCUT2D eigenvalue weighted by Crippen LogP contribution is -2.42. The Labute approximate surface area is 181 Å². The second kappa shape index (κ2) is 7.08. The van der Waals surface area contributed by atoms with Crippen molar-refractivity contribution >= 4 is 17.5 Å². The number of nitriles is 1. The van der Waals surface area contributed by atoms with E-state index in [4.69, 9.17) is 14.8 Å². The van der Waals surface area contributed by atoms with Crippen molar-refractivity contribution in [3.63, 3.8) is 0 Å². The average Bonchev–Trinajstić information content (AvgIpc) is 3.53. The number of carbonyl (C=O) groups is 2. The molecule has 0 N–H and O–H groups in total. The first-order valence-electron chi connectivity index (χ1n) is 11.4. The molecule has 0 radical (unpaired) electrons. The van der Waals surface area contributed by atoms with Crippen molar-refractivity contribution < 1.29 is 19.2 Å². The zero-order chi connectivity index (χ0) is 21.1. The smallest absolute Gasteiger partial charge is 0.233 e. The summed E-state index contributed by atoms with van der Waals surface area (Å²) in [6, 6.07) is 9.56. The Bertz CT molecular complexity index is 991. The maximum atomic E-state index is 13.4. The Morgan fingerprint density at radius 1 is 1.03 bits per heavy atom. The van der Waals surface area contributed by atoms with Crippen molar-refractivity contribution in [2.24, 2.45) is 34.7 Å². The minimum absolute atomic E-state index is 0.00849. The van der Waals surface area contributed by atoms with Gasteiger partial charge in [-0.15, -0.1) is 0 Å². The molecule has 7 heteroatoms. The maximum absolute atomic E-state index is 13.4. The van der Waals surface area contributed by atoms with E-state index in [1.807, 2.05) is 30.3 Å². The number of likely N-dealkylation sites (tertiary alicyclic amines) is 1. The lowest BCUT2D eigenvalue weighted by molar-refractivity contribution is -0.144. The van der Waals surface area contributed by atoms with E-state index in [1.165, 1.54) is 6.42 Å². The first-order chi connectivity index (χ1) is 15.2. The summed E-state index contributed by atoms with van der Waals surface area (Å²) in [6.45, 7) is 0.00849. The lowest BCUT2D eigenvalue weighted by atomic mass is 9.71. The highest BCUT2D eigenvalue weighted by molar-refractivity contribution is 6.09. The van der Waals surface area contributed by atoms with Crippen LogP contribution in [0.15, 0.2) is 29.4 Å². The van der Waals surface area contributed by atoms with Gasteiger partial charge in [0.05, 0.1) is 17.5 Å². The molecule has 2 aliphatic heterocycles. The molecule has 4 fully saturated rings. The fraction of sp³-hybridized carbons (Fsp3) is 0.583. The summed E-state index contributed by atoms with van der Waals surface area (Å²) in [6.07, 6.45) is 6.04. The van der Waals surface area contributed by atoms with Crippen molar-refractivity contribution in [1.29, 1.82) is 5.26 Å². The summed E-state index contributed by atoms with van der Waals surface area (Å²) in [5.74, 6) is 0.533. The lowest BCUT2D eigenvalue weighted by Gasteiger charge is -2.30. The fourth-order valence-electron chi connectivity index (χ4n) is 6.92. The van der Waals surface area contributed by atoms with E-state index in [-0.39, 0.29) is 60.2 Å². The summed E-state index contributed by atoms with van der Waals surface area (Å²) < 4.78 is 5.34. The Balaban J connectivity index is 1.25. The molecule has 2 amide bonds. The monoisotopic (exact) mass is 419 g/mol. The number of rotatable bonds is 4. The van der Waals surface area contributed by atoms with E-state index in [0.29, 0.717) is 5.75 Å². The highest BCUT2D eigenvalue weighted by Gasteiger charge is 2.70. The van der Waals surface area contributed by atoms with Crippen LogP contribution >= 0.6 is 0 Å². The molecule has 3 aliphatic carbocycles. The quantitative estimate of drug-likeness (QED) is 0.700. The van der Waals surface area contributed by atoms with Crippen LogP contribution < -0.4 is 4.74 Å². The molecular formula is C24H25N3O4. The third-order valence-corrected chi connectivity index (χ3v) is 8.12. The number of oxime groups is 1. The van der Waals surface area contributed by atoms with Crippen LogP contribution in [0.5, 0.6) is 5.75 Å². The summed E-state index contributed by atoms with van der Waals surface area (Å²) in [7, 11) is 0. The summed E-state index contributed by atoms with van der Waals surface area (Å²) in [4.78, 5) is 34.3. The van der Waals surface area contributed by atoms with Crippen LogP contribution in [-0.2, 0) is 14.4 Å². The van der Waals surface area contributed by atoms with Gasteiger partial charge in [-0.2, -0.15) is 5.26 Å². The molecule has 0 aromatic heterocycles. The van der Waals surface area contributed by atoms with Crippen molar-refractivity contribution in [2.45, 2.75) is 50.7 Å². The second-order valence-electron chi connectivity index (χ2n) is 9.50. The predicted octanol–water partition coefficient (Wildman–Crippen LogP) is 2.89. The van der Waals surface area contributed by atoms with Gasteiger partial charge in [0.1, 0.15) is 17.9 Å². The first kappa shape index (κ1) is 18.9. The molecule has 7 nitrogen and oxygen atoms in total. The third kappa shape index (κ3) is 2.67. The van der Waals surface area contributed by atoms with Gasteiger partial charge in [0, 0.05) is 23.4 Å². The zero-order valence-corrected chi connectivity index (χ0v) is 17.3. The molecule has 0 spiro atoms. The average molecular weight is 419 g/mol. The van der Waals surface area contributed by atoms with E-state index < -0.39 is 0 Å². The largest absolute Gasteiger partial charge is 0.479 e. The van der Waals surface area contributed by atoms with E-state index in [2.05, 4.69) is 5.16 Å². The predicted molar refractivity (Wildman–Crippen MR) is 110 cm³/mol. The molecule has 5 aliphatic rings. The summed E-state index contributed by atoms with van der Waals surface area (Å²) >= 11 is 0. The van der Waals surface area contributed by atoms with Crippen LogP contribution in [0.4, 0.5) is 0 Å². The molecular weight excluding hydrogens is 394 g/mol. The van der Waals surface area contributed by atoms with Gasteiger partial charge < -0.3 is 9.57 Å². The standard InChI is InChI=1S/C24H25N3O4/c25-10-11-30-15-8-6-13(7-9-15)21-20-16-12-17(22(20)31-26-21)19-18(16)23(28)27(24(19)29)14-4-2-1-3-5-14/h6-9,14,16-20,22H,1-5,11-12H2/t16-,17+,18-,19+,20-,22-/m1/s1. The number of imide groups is 1. The van der Waals surface area contributed by atoms with Gasteiger partial charge in [0.15, 0.2) is 6.61 Å². The minimum Gasteiger partial charge on any atom is -0.479 e. The fourth-order valence-corrected chi connectivity index (χ4v) is 6.92. The molecule has 0 unspecified atom stereocenters. The number of carbonyl (C=O) groups excluding carboxylic acids is 2. The van der Waals surface area contributed by atoms with Gasteiger partial charge in [0.2, 0.25) is 11.8 Å². The number of ether oxygens (including phenoxy) is 1. The highest BCUT2D eigenvalue weighted by Crippen LogP contribution is 2.62. The van der Waals surface area contributed by atoms with Gasteiger partial charge in [-0.3, -0.25) is 14.5 Å². The second-order valence-corrected chi connectivity index (χ2v) is 9.50. The number of benzene rings is 1. The van der Waals surface area contributed by atoms with Crippen molar-refractivity contribution in [3.05, 3.63) is 29.8 Å². The number of nitrogens with zero attached hydrogens (tertiary/aromatic N) is 3. The van der Waals surface area contributed by atoms with E-state index in [1.54, 1.807) is 4.90 Å². The Morgan fingerprint density at radius 3 is 2.45 bits per heavy atom. The van der Waals surface area contributed by atoms with Gasteiger partial charge in [0.25, 0.3) is 0 Å². The summed E-state index contributed by atoms with van der Waals surface area (Å²) in [5.41, 5.74) is 1.82.